The van der Waals surface area contributed by atoms with Gasteiger partial charge < -0.3 is 5.32 Å². The number of nitrogens with one attached hydrogen (secondary N) is 1. The largest absolute Gasteiger partial charge is 0.316 e. The standard InChI is InChI=1S/C12H20BrN3/c1-8(2)11-10(13)12(16(3)15-11)9-5-4-6-14-7-9/h8-9,14H,4-7H2,1-3H3. The maximum atomic E-state index is 4.63. The molecule has 3 nitrogen and oxygen atoms in total. The van der Waals surface area contributed by atoms with Gasteiger partial charge in [-0.3, -0.25) is 4.68 Å². The van der Waals surface area contributed by atoms with E-state index in [-0.39, 0.29) is 0 Å². The summed E-state index contributed by atoms with van der Waals surface area (Å²) in [6.45, 7) is 6.62. The van der Waals surface area contributed by atoms with Gasteiger partial charge in [-0.05, 0) is 41.2 Å². The number of hydrogen-bond acceptors (Lipinski definition) is 2. The van der Waals surface area contributed by atoms with Gasteiger partial charge in [-0.2, -0.15) is 5.10 Å². The fourth-order valence-electron chi connectivity index (χ4n) is 2.43. The maximum Gasteiger partial charge on any atom is 0.0794 e. The van der Waals surface area contributed by atoms with Crippen LogP contribution in [-0.4, -0.2) is 22.9 Å². The third-order valence-electron chi connectivity index (χ3n) is 3.29. The first kappa shape index (κ1) is 12.1. The zero-order chi connectivity index (χ0) is 11.7. The Morgan fingerprint density at radius 3 is 2.75 bits per heavy atom. The highest BCUT2D eigenvalue weighted by Gasteiger charge is 2.24. The van der Waals surface area contributed by atoms with Crippen LogP contribution in [0.25, 0.3) is 0 Å². The third-order valence-corrected chi connectivity index (χ3v) is 4.10. The van der Waals surface area contributed by atoms with Crippen molar-refractivity contribution in [2.45, 2.75) is 38.5 Å². The summed E-state index contributed by atoms with van der Waals surface area (Å²) in [5.41, 5.74) is 2.54. The Bertz CT molecular complexity index is 365. The predicted molar refractivity (Wildman–Crippen MR) is 69.8 cm³/mol. The van der Waals surface area contributed by atoms with E-state index in [1.807, 2.05) is 0 Å². The minimum atomic E-state index is 0.478. The van der Waals surface area contributed by atoms with E-state index in [0.717, 1.165) is 13.1 Å². The minimum Gasteiger partial charge on any atom is -0.316 e. The SMILES string of the molecule is CC(C)c1nn(C)c(C2CCCNC2)c1Br. The quantitative estimate of drug-likeness (QED) is 0.906. The van der Waals surface area contributed by atoms with E-state index in [1.54, 1.807) is 0 Å². The lowest BCUT2D eigenvalue weighted by Crippen LogP contribution is -2.29. The average Bonchev–Trinajstić information content (AvgIpc) is 2.56. The summed E-state index contributed by atoms with van der Waals surface area (Å²) in [6, 6.07) is 0. The third kappa shape index (κ3) is 2.18. The summed E-state index contributed by atoms with van der Waals surface area (Å²) in [5, 5.41) is 8.09. The molecule has 1 saturated heterocycles. The van der Waals surface area contributed by atoms with E-state index < -0.39 is 0 Å². The van der Waals surface area contributed by atoms with Crippen molar-refractivity contribution in [3.05, 3.63) is 15.9 Å². The van der Waals surface area contributed by atoms with Crippen LogP contribution in [0.2, 0.25) is 0 Å². The topological polar surface area (TPSA) is 29.9 Å². The fourth-order valence-corrected chi connectivity index (χ4v) is 3.55. The number of aryl methyl sites for hydroxylation is 1. The summed E-state index contributed by atoms with van der Waals surface area (Å²) in [5.74, 6) is 1.08. The molecule has 4 heteroatoms. The van der Waals surface area contributed by atoms with Gasteiger partial charge in [-0.1, -0.05) is 13.8 Å². The molecule has 2 rings (SSSR count). The van der Waals surface area contributed by atoms with E-state index in [1.165, 1.54) is 28.7 Å². The van der Waals surface area contributed by atoms with Crippen LogP contribution in [0.5, 0.6) is 0 Å². The molecule has 0 aromatic carbocycles. The summed E-state index contributed by atoms with van der Waals surface area (Å²) in [7, 11) is 2.06. The van der Waals surface area contributed by atoms with E-state index in [4.69, 9.17) is 0 Å². The van der Waals surface area contributed by atoms with Crippen LogP contribution in [0.15, 0.2) is 4.47 Å². The van der Waals surface area contributed by atoms with Crippen LogP contribution in [0.3, 0.4) is 0 Å². The summed E-state index contributed by atoms with van der Waals surface area (Å²) in [6.07, 6.45) is 2.53. The van der Waals surface area contributed by atoms with Gasteiger partial charge in [-0.25, -0.2) is 0 Å². The van der Waals surface area contributed by atoms with Crippen LogP contribution in [0, 0.1) is 0 Å². The van der Waals surface area contributed by atoms with Crippen molar-refractivity contribution in [2.75, 3.05) is 13.1 Å². The molecule has 0 spiro atoms. The number of piperidine rings is 1. The molecule has 2 heterocycles. The van der Waals surface area contributed by atoms with Gasteiger partial charge in [0.25, 0.3) is 0 Å². The van der Waals surface area contributed by atoms with E-state index >= 15 is 0 Å². The Balaban J connectivity index is 2.32. The molecule has 1 aliphatic heterocycles. The molecule has 1 atom stereocenters. The van der Waals surface area contributed by atoms with Crippen molar-refractivity contribution in [3.63, 3.8) is 0 Å². The highest BCUT2D eigenvalue weighted by molar-refractivity contribution is 9.10. The van der Waals surface area contributed by atoms with Gasteiger partial charge >= 0.3 is 0 Å². The zero-order valence-electron chi connectivity index (χ0n) is 10.3. The van der Waals surface area contributed by atoms with Gasteiger partial charge in [0.05, 0.1) is 15.9 Å². The number of hydrogen-bond donors (Lipinski definition) is 1. The second-order valence-electron chi connectivity index (χ2n) is 4.91. The van der Waals surface area contributed by atoms with Crippen LogP contribution in [0.1, 0.15) is 49.9 Å². The molecule has 1 N–H and O–H groups in total. The van der Waals surface area contributed by atoms with Gasteiger partial charge in [-0.15, -0.1) is 0 Å². The molecule has 0 radical (unpaired) electrons. The smallest absolute Gasteiger partial charge is 0.0794 e. The second kappa shape index (κ2) is 4.88. The van der Waals surface area contributed by atoms with Gasteiger partial charge in [0, 0.05) is 19.5 Å². The van der Waals surface area contributed by atoms with E-state index in [2.05, 4.69) is 51.9 Å². The van der Waals surface area contributed by atoms with Crippen LogP contribution < -0.4 is 5.32 Å². The minimum absolute atomic E-state index is 0.478. The number of rotatable bonds is 2. The molecule has 0 amide bonds. The number of halogens is 1. The Labute approximate surface area is 106 Å². The molecule has 0 saturated carbocycles. The lowest BCUT2D eigenvalue weighted by molar-refractivity contribution is 0.440. The highest BCUT2D eigenvalue weighted by atomic mass is 79.9. The lowest BCUT2D eigenvalue weighted by atomic mass is 9.95. The monoisotopic (exact) mass is 285 g/mol. The molecule has 1 unspecified atom stereocenters. The summed E-state index contributed by atoms with van der Waals surface area (Å²) < 4.78 is 3.27. The van der Waals surface area contributed by atoms with Gasteiger partial charge in [0.1, 0.15) is 0 Å². The average molecular weight is 286 g/mol. The van der Waals surface area contributed by atoms with Crippen LogP contribution in [-0.2, 0) is 7.05 Å². The van der Waals surface area contributed by atoms with E-state index in [9.17, 15) is 0 Å². The molecular weight excluding hydrogens is 266 g/mol. The van der Waals surface area contributed by atoms with Crippen molar-refractivity contribution in [1.82, 2.24) is 15.1 Å². The van der Waals surface area contributed by atoms with Crippen molar-refractivity contribution in [2.24, 2.45) is 7.05 Å². The normalized spacial score (nSPS) is 21.7. The Hall–Kier alpha value is -0.350. The molecule has 90 valence electrons. The highest BCUT2D eigenvalue weighted by Crippen LogP contribution is 2.34. The molecule has 1 aromatic heterocycles. The lowest BCUT2D eigenvalue weighted by Gasteiger charge is -2.23. The van der Waals surface area contributed by atoms with Crippen molar-refractivity contribution >= 4 is 15.9 Å². The zero-order valence-corrected chi connectivity index (χ0v) is 11.8. The summed E-state index contributed by atoms with van der Waals surface area (Å²) in [4.78, 5) is 0. The fraction of sp³-hybridized carbons (Fsp3) is 0.750. The molecule has 1 aliphatic rings. The predicted octanol–water partition coefficient (Wildman–Crippen LogP) is 2.77. The van der Waals surface area contributed by atoms with Gasteiger partial charge in [0.15, 0.2) is 0 Å². The Kier molecular flexibility index (Phi) is 3.70. The molecule has 1 aromatic rings. The van der Waals surface area contributed by atoms with Gasteiger partial charge in [0.2, 0.25) is 0 Å². The Morgan fingerprint density at radius 1 is 1.50 bits per heavy atom. The summed E-state index contributed by atoms with van der Waals surface area (Å²) >= 11 is 3.73. The molecule has 16 heavy (non-hydrogen) atoms. The first-order valence-corrected chi connectivity index (χ1v) is 6.83. The molecule has 0 bridgehead atoms. The molecular formula is C12H20BrN3. The van der Waals surface area contributed by atoms with Crippen molar-refractivity contribution in [1.29, 1.82) is 0 Å². The first-order valence-electron chi connectivity index (χ1n) is 6.04. The van der Waals surface area contributed by atoms with Crippen molar-refractivity contribution in [3.8, 4) is 0 Å². The molecule has 1 fully saturated rings. The first-order chi connectivity index (χ1) is 7.61. The maximum absolute atomic E-state index is 4.63. The van der Waals surface area contributed by atoms with Crippen molar-refractivity contribution < 1.29 is 0 Å². The van der Waals surface area contributed by atoms with Crippen LogP contribution >= 0.6 is 15.9 Å². The molecule has 0 aliphatic carbocycles. The van der Waals surface area contributed by atoms with Crippen LogP contribution in [0.4, 0.5) is 0 Å². The Morgan fingerprint density at radius 2 is 2.25 bits per heavy atom. The number of aromatic nitrogens is 2. The van der Waals surface area contributed by atoms with E-state index in [0.29, 0.717) is 11.8 Å². The number of nitrogens with zero attached hydrogens (tertiary/aromatic N) is 2. The second-order valence-corrected chi connectivity index (χ2v) is 5.70.